The molecular weight excluding hydrogens is 260 g/mol. The standard InChI is InChI=1S/C11H11BrO3/c1-7(15)11(12)10-4-8(5-13)2-3-9(10)6-14/h2-4,6,11,13H,5H2,1H3. The second-order valence-corrected chi connectivity index (χ2v) is 4.13. The van der Waals surface area contributed by atoms with Crippen molar-refractivity contribution in [3.05, 3.63) is 34.9 Å². The molecule has 0 spiro atoms. The normalized spacial score (nSPS) is 12.2. The van der Waals surface area contributed by atoms with Gasteiger partial charge in [0.15, 0.2) is 0 Å². The van der Waals surface area contributed by atoms with Crippen LogP contribution in [0.15, 0.2) is 18.2 Å². The average molecular weight is 271 g/mol. The Morgan fingerprint density at radius 3 is 2.73 bits per heavy atom. The smallest absolute Gasteiger partial charge is 0.150 e. The molecule has 0 saturated heterocycles. The number of hydrogen-bond acceptors (Lipinski definition) is 3. The van der Waals surface area contributed by atoms with E-state index in [1.165, 1.54) is 6.92 Å². The summed E-state index contributed by atoms with van der Waals surface area (Å²) in [5.41, 5.74) is 1.75. The van der Waals surface area contributed by atoms with Crippen LogP contribution in [-0.4, -0.2) is 17.2 Å². The third-order valence-electron chi connectivity index (χ3n) is 2.09. The molecule has 0 amide bonds. The molecule has 1 rings (SSSR count). The number of aliphatic hydroxyl groups is 1. The van der Waals surface area contributed by atoms with Gasteiger partial charge in [-0.2, -0.15) is 0 Å². The van der Waals surface area contributed by atoms with E-state index in [0.29, 0.717) is 23.0 Å². The molecule has 0 aliphatic carbocycles. The SMILES string of the molecule is CC(=O)C(Br)c1cc(CO)ccc1C=O. The van der Waals surface area contributed by atoms with E-state index in [2.05, 4.69) is 15.9 Å². The van der Waals surface area contributed by atoms with Crippen LogP contribution in [0.1, 0.15) is 33.2 Å². The van der Waals surface area contributed by atoms with Crippen LogP contribution in [0, 0.1) is 0 Å². The van der Waals surface area contributed by atoms with Crippen LogP contribution in [0.25, 0.3) is 0 Å². The van der Waals surface area contributed by atoms with Crippen molar-refractivity contribution in [1.29, 1.82) is 0 Å². The summed E-state index contributed by atoms with van der Waals surface area (Å²) >= 11 is 3.22. The van der Waals surface area contributed by atoms with E-state index in [4.69, 9.17) is 5.11 Å². The van der Waals surface area contributed by atoms with Gasteiger partial charge in [-0.25, -0.2) is 0 Å². The van der Waals surface area contributed by atoms with Crippen LogP contribution in [0.3, 0.4) is 0 Å². The summed E-state index contributed by atoms with van der Waals surface area (Å²) in [6.45, 7) is 1.34. The second-order valence-electron chi connectivity index (χ2n) is 3.21. The van der Waals surface area contributed by atoms with E-state index in [-0.39, 0.29) is 12.4 Å². The fourth-order valence-electron chi connectivity index (χ4n) is 1.27. The number of hydrogen-bond donors (Lipinski definition) is 1. The monoisotopic (exact) mass is 270 g/mol. The fourth-order valence-corrected chi connectivity index (χ4v) is 1.66. The molecular formula is C11H11BrO3. The van der Waals surface area contributed by atoms with Crippen LogP contribution in [0.2, 0.25) is 0 Å². The molecule has 3 nitrogen and oxygen atoms in total. The minimum atomic E-state index is -0.496. The number of carbonyl (C=O) groups excluding carboxylic acids is 2. The van der Waals surface area contributed by atoms with E-state index in [1.807, 2.05) is 0 Å². The minimum Gasteiger partial charge on any atom is -0.392 e. The number of benzene rings is 1. The van der Waals surface area contributed by atoms with E-state index in [0.717, 1.165) is 0 Å². The maximum Gasteiger partial charge on any atom is 0.150 e. The zero-order chi connectivity index (χ0) is 11.4. The van der Waals surface area contributed by atoms with Crippen molar-refractivity contribution in [1.82, 2.24) is 0 Å². The van der Waals surface area contributed by atoms with Gasteiger partial charge in [-0.15, -0.1) is 0 Å². The maximum atomic E-state index is 11.2. The Balaban J connectivity index is 3.22. The molecule has 0 aliphatic rings. The Labute approximate surface area is 96.2 Å². The number of rotatable bonds is 4. The van der Waals surface area contributed by atoms with E-state index >= 15 is 0 Å². The van der Waals surface area contributed by atoms with Gasteiger partial charge in [0.1, 0.15) is 12.1 Å². The molecule has 80 valence electrons. The average Bonchev–Trinajstić information content (AvgIpc) is 2.27. The number of Topliss-reactive ketones (excluding diaryl/α,β-unsaturated/α-hetero) is 1. The molecule has 4 heteroatoms. The summed E-state index contributed by atoms with van der Waals surface area (Å²) in [6.07, 6.45) is 0.702. The lowest BCUT2D eigenvalue weighted by molar-refractivity contribution is -0.116. The summed E-state index contributed by atoms with van der Waals surface area (Å²) in [5.74, 6) is -0.0758. The molecule has 0 fully saturated rings. The number of ketones is 1. The summed E-state index contributed by atoms with van der Waals surface area (Å²) in [6, 6.07) is 4.92. The van der Waals surface area contributed by atoms with Gasteiger partial charge in [0.05, 0.1) is 11.4 Å². The molecule has 1 unspecified atom stereocenters. The quantitative estimate of drug-likeness (QED) is 0.673. The lowest BCUT2D eigenvalue weighted by Gasteiger charge is -2.10. The van der Waals surface area contributed by atoms with Gasteiger partial charge in [-0.05, 0) is 18.1 Å². The van der Waals surface area contributed by atoms with Crippen LogP contribution in [-0.2, 0) is 11.4 Å². The van der Waals surface area contributed by atoms with Gasteiger partial charge in [0.25, 0.3) is 0 Å². The summed E-state index contributed by atoms with van der Waals surface area (Å²) < 4.78 is 0. The molecule has 0 aromatic heterocycles. The highest BCUT2D eigenvalue weighted by molar-refractivity contribution is 9.09. The van der Waals surface area contributed by atoms with E-state index in [9.17, 15) is 9.59 Å². The van der Waals surface area contributed by atoms with Gasteiger partial charge in [0.2, 0.25) is 0 Å². The summed E-state index contributed by atoms with van der Waals surface area (Å²) in [7, 11) is 0. The molecule has 1 N–H and O–H groups in total. The zero-order valence-electron chi connectivity index (χ0n) is 8.24. The van der Waals surface area contributed by atoms with Crippen LogP contribution < -0.4 is 0 Å². The molecule has 1 atom stereocenters. The second kappa shape index (κ2) is 5.19. The fraction of sp³-hybridized carbons (Fsp3) is 0.273. The van der Waals surface area contributed by atoms with Crippen molar-refractivity contribution in [2.24, 2.45) is 0 Å². The predicted octanol–water partition coefficient (Wildman–Crippen LogP) is 2.02. The van der Waals surface area contributed by atoms with Crippen molar-refractivity contribution in [2.75, 3.05) is 0 Å². The molecule has 15 heavy (non-hydrogen) atoms. The lowest BCUT2D eigenvalue weighted by Crippen LogP contribution is -2.05. The molecule has 1 aromatic carbocycles. The Morgan fingerprint density at radius 2 is 2.27 bits per heavy atom. The first-order valence-electron chi connectivity index (χ1n) is 4.43. The Morgan fingerprint density at radius 1 is 1.60 bits per heavy atom. The third-order valence-corrected chi connectivity index (χ3v) is 3.23. The Bertz CT molecular complexity index is 387. The molecule has 1 aromatic rings. The minimum absolute atomic E-state index is 0.0758. The van der Waals surface area contributed by atoms with Gasteiger partial charge in [-0.1, -0.05) is 34.1 Å². The topological polar surface area (TPSA) is 54.4 Å². The zero-order valence-corrected chi connectivity index (χ0v) is 9.82. The summed E-state index contributed by atoms with van der Waals surface area (Å²) in [5, 5.41) is 8.96. The molecule has 0 heterocycles. The number of halogens is 1. The molecule has 0 bridgehead atoms. The van der Waals surface area contributed by atoms with E-state index in [1.54, 1.807) is 18.2 Å². The number of aliphatic hydroxyl groups excluding tert-OH is 1. The number of aldehydes is 1. The summed E-state index contributed by atoms with van der Waals surface area (Å²) in [4.78, 5) is 21.4. The molecule has 0 radical (unpaired) electrons. The first kappa shape index (κ1) is 12.1. The molecule has 0 aliphatic heterocycles. The van der Waals surface area contributed by atoms with Crippen LogP contribution in [0.5, 0.6) is 0 Å². The highest BCUT2D eigenvalue weighted by Gasteiger charge is 2.16. The first-order chi connectivity index (χ1) is 7.10. The van der Waals surface area contributed by atoms with Crippen molar-refractivity contribution < 1.29 is 14.7 Å². The molecule has 0 saturated carbocycles. The highest BCUT2D eigenvalue weighted by Crippen LogP contribution is 2.27. The van der Waals surface area contributed by atoms with Gasteiger partial charge < -0.3 is 5.11 Å². The lowest BCUT2D eigenvalue weighted by atomic mass is 10.0. The Hall–Kier alpha value is -1.00. The van der Waals surface area contributed by atoms with Crippen LogP contribution >= 0.6 is 15.9 Å². The highest BCUT2D eigenvalue weighted by atomic mass is 79.9. The van der Waals surface area contributed by atoms with Gasteiger partial charge in [0, 0.05) is 5.56 Å². The van der Waals surface area contributed by atoms with Crippen molar-refractivity contribution in [3.8, 4) is 0 Å². The van der Waals surface area contributed by atoms with E-state index < -0.39 is 4.83 Å². The Kier molecular flexibility index (Phi) is 4.17. The first-order valence-corrected chi connectivity index (χ1v) is 5.35. The van der Waals surface area contributed by atoms with Crippen molar-refractivity contribution in [3.63, 3.8) is 0 Å². The van der Waals surface area contributed by atoms with Crippen molar-refractivity contribution in [2.45, 2.75) is 18.4 Å². The van der Waals surface area contributed by atoms with Crippen molar-refractivity contribution >= 4 is 28.0 Å². The largest absolute Gasteiger partial charge is 0.392 e. The third kappa shape index (κ3) is 2.73. The number of alkyl halides is 1. The van der Waals surface area contributed by atoms with Gasteiger partial charge in [-0.3, -0.25) is 9.59 Å². The van der Waals surface area contributed by atoms with Gasteiger partial charge >= 0.3 is 0 Å². The number of carbonyl (C=O) groups is 2. The van der Waals surface area contributed by atoms with Crippen LogP contribution in [0.4, 0.5) is 0 Å². The predicted molar refractivity (Wildman–Crippen MR) is 60.1 cm³/mol. The maximum absolute atomic E-state index is 11.2.